The third-order valence-corrected chi connectivity index (χ3v) is 3.71. The molecule has 1 aromatic carbocycles. The van der Waals surface area contributed by atoms with Crippen molar-refractivity contribution in [1.82, 2.24) is 4.57 Å². The van der Waals surface area contributed by atoms with Gasteiger partial charge in [-0.2, -0.15) is 0 Å². The fraction of sp³-hybridized carbons (Fsp3) is 0.474. The summed E-state index contributed by atoms with van der Waals surface area (Å²) in [5, 5.41) is 0.723. The molecule has 2 N–H and O–H groups in total. The van der Waals surface area contributed by atoms with E-state index in [0.717, 1.165) is 5.39 Å². The molecule has 0 aliphatic carbocycles. The second-order valence-electron chi connectivity index (χ2n) is 6.92. The Kier molecular flexibility index (Phi) is 5.92. The molecule has 0 bridgehead atoms. The number of nitrogens with two attached hydrogens (primary N) is 1. The molecule has 0 saturated heterocycles. The fourth-order valence-electron chi connectivity index (χ4n) is 2.69. The van der Waals surface area contributed by atoms with Crippen molar-refractivity contribution in [2.45, 2.75) is 45.8 Å². The van der Waals surface area contributed by atoms with Gasteiger partial charge in [0.05, 0.1) is 19.2 Å². The van der Waals surface area contributed by atoms with Gasteiger partial charge < -0.3 is 19.9 Å². The lowest BCUT2D eigenvalue weighted by Crippen LogP contribution is -2.34. The number of aromatic nitrogens is 1. The van der Waals surface area contributed by atoms with Gasteiger partial charge in [-0.05, 0) is 45.4 Å². The lowest BCUT2D eigenvalue weighted by Gasteiger charge is -2.19. The summed E-state index contributed by atoms with van der Waals surface area (Å²) in [6, 6.07) is 4.54. The Balaban J connectivity index is 2.49. The van der Waals surface area contributed by atoms with E-state index in [2.05, 4.69) is 0 Å². The SMILES string of the molecule is CCOC(=O)[C@H](N)Cc1cn(C(=O)OC(C)(C)C)c2cccc(OC)c12. The molecular weight excluding hydrogens is 336 g/mol. The van der Waals surface area contributed by atoms with E-state index in [0.29, 0.717) is 16.8 Å². The van der Waals surface area contributed by atoms with Gasteiger partial charge in [0.25, 0.3) is 0 Å². The minimum absolute atomic E-state index is 0.214. The van der Waals surface area contributed by atoms with Crippen molar-refractivity contribution in [2.75, 3.05) is 13.7 Å². The number of ether oxygens (including phenoxy) is 3. The number of nitrogens with zero attached hydrogens (tertiary/aromatic N) is 1. The first-order valence-corrected chi connectivity index (χ1v) is 8.50. The van der Waals surface area contributed by atoms with Crippen LogP contribution >= 0.6 is 0 Å². The van der Waals surface area contributed by atoms with E-state index >= 15 is 0 Å². The van der Waals surface area contributed by atoms with Crippen LogP contribution in [0.1, 0.15) is 33.3 Å². The maximum atomic E-state index is 12.6. The first-order valence-electron chi connectivity index (χ1n) is 8.50. The van der Waals surface area contributed by atoms with E-state index in [1.54, 1.807) is 59.2 Å². The van der Waals surface area contributed by atoms with Gasteiger partial charge in [0, 0.05) is 18.0 Å². The molecule has 7 nitrogen and oxygen atoms in total. The molecule has 0 aliphatic heterocycles. The van der Waals surface area contributed by atoms with Crippen molar-refractivity contribution in [2.24, 2.45) is 5.73 Å². The number of benzene rings is 1. The first kappa shape index (κ1) is 19.8. The van der Waals surface area contributed by atoms with Crippen LogP contribution in [0.25, 0.3) is 10.9 Å². The summed E-state index contributed by atoms with van der Waals surface area (Å²) in [6.45, 7) is 7.38. The molecule has 1 aromatic heterocycles. The van der Waals surface area contributed by atoms with Gasteiger partial charge in [0.1, 0.15) is 17.4 Å². The molecule has 0 saturated carbocycles. The van der Waals surface area contributed by atoms with E-state index in [1.165, 1.54) is 4.57 Å². The standard InChI is InChI=1S/C19H26N2O5/c1-6-25-17(22)13(20)10-12-11-21(18(23)26-19(2,3)4)14-8-7-9-15(24-5)16(12)14/h7-9,11,13H,6,10,20H2,1-5H3/t13-/m1/s1. The zero-order valence-electron chi connectivity index (χ0n) is 15.9. The maximum Gasteiger partial charge on any atom is 0.419 e. The topological polar surface area (TPSA) is 92.8 Å². The second kappa shape index (κ2) is 7.78. The van der Waals surface area contributed by atoms with Crippen LogP contribution in [-0.2, 0) is 20.7 Å². The van der Waals surface area contributed by atoms with E-state index < -0.39 is 23.7 Å². The highest BCUT2D eigenvalue weighted by Gasteiger charge is 2.24. The zero-order valence-corrected chi connectivity index (χ0v) is 15.9. The Morgan fingerprint density at radius 1 is 1.27 bits per heavy atom. The van der Waals surface area contributed by atoms with Gasteiger partial charge in [-0.15, -0.1) is 0 Å². The van der Waals surface area contributed by atoms with Crippen molar-refractivity contribution in [3.63, 3.8) is 0 Å². The van der Waals surface area contributed by atoms with E-state index in [1.807, 2.05) is 0 Å². The number of esters is 1. The monoisotopic (exact) mass is 362 g/mol. The molecule has 2 rings (SSSR count). The van der Waals surface area contributed by atoms with Crippen LogP contribution in [0.3, 0.4) is 0 Å². The molecule has 1 atom stereocenters. The van der Waals surface area contributed by atoms with Crippen molar-refractivity contribution in [1.29, 1.82) is 0 Å². The van der Waals surface area contributed by atoms with Crippen molar-refractivity contribution >= 4 is 23.0 Å². The largest absolute Gasteiger partial charge is 0.496 e. The normalized spacial score (nSPS) is 12.7. The summed E-state index contributed by atoms with van der Waals surface area (Å²) in [5.41, 5.74) is 6.67. The highest BCUT2D eigenvalue weighted by atomic mass is 16.6. The number of hydrogen-bond acceptors (Lipinski definition) is 6. The van der Waals surface area contributed by atoms with Crippen LogP contribution in [0, 0.1) is 0 Å². The molecule has 0 aliphatic rings. The van der Waals surface area contributed by atoms with Crippen LogP contribution in [-0.4, -0.2) is 42.0 Å². The molecule has 0 amide bonds. The van der Waals surface area contributed by atoms with Crippen molar-refractivity contribution in [3.05, 3.63) is 30.0 Å². The van der Waals surface area contributed by atoms with Gasteiger partial charge in [-0.25, -0.2) is 4.79 Å². The Hall–Kier alpha value is -2.54. The molecule has 1 heterocycles. The fourth-order valence-corrected chi connectivity index (χ4v) is 2.69. The highest BCUT2D eigenvalue weighted by Crippen LogP contribution is 2.32. The van der Waals surface area contributed by atoms with Gasteiger partial charge in [0.2, 0.25) is 0 Å². The van der Waals surface area contributed by atoms with Gasteiger partial charge in [0.15, 0.2) is 0 Å². The molecule has 0 unspecified atom stereocenters. The Morgan fingerprint density at radius 3 is 2.54 bits per heavy atom. The predicted octanol–water partition coefficient (Wildman–Crippen LogP) is 2.87. The van der Waals surface area contributed by atoms with Gasteiger partial charge in [-0.1, -0.05) is 6.07 Å². The summed E-state index contributed by atoms with van der Waals surface area (Å²) in [6.07, 6.45) is 1.35. The molecule has 26 heavy (non-hydrogen) atoms. The third kappa shape index (κ3) is 4.35. The van der Waals surface area contributed by atoms with E-state index in [4.69, 9.17) is 19.9 Å². The molecule has 2 aromatic rings. The highest BCUT2D eigenvalue weighted by molar-refractivity contribution is 5.96. The molecular formula is C19H26N2O5. The number of fused-ring (bicyclic) bond motifs is 1. The number of methoxy groups -OCH3 is 1. The molecule has 0 radical (unpaired) electrons. The summed E-state index contributed by atoms with van der Waals surface area (Å²) in [7, 11) is 1.55. The average molecular weight is 362 g/mol. The van der Waals surface area contributed by atoms with Crippen molar-refractivity contribution < 1.29 is 23.8 Å². The summed E-state index contributed by atoms with van der Waals surface area (Å²) >= 11 is 0. The summed E-state index contributed by atoms with van der Waals surface area (Å²) < 4.78 is 17.3. The molecule has 0 spiro atoms. The summed E-state index contributed by atoms with van der Waals surface area (Å²) in [4.78, 5) is 24.5. The Labute approximate surface area is 153 Å². The minimum atomic E-state index is -0.836. The lowest BCUT2D eigenvalue weighted by molar-refractivity contribution is -0.144. The van der Waals surface area contributed by atoms with Gasteiger partial charge >= 0.3 is 12.1 Å². The van der Waals surface area contributed by atoms with Gasteiger partial charge in [-0.3, -0.25) is 9.36 Å². The quantitative estimate of drug-likeness (QED) is 0.822. The van der Waals surface area contributed by atoms with Crippen LogP contribution in [0.15, 0.2) is 24.4 Å². The van der Waals surface area contributed by atoms with E-state index in [9.17, 15) is 9.59 Å². The Morgan fingerprint density at radius 2 is 1.96 bits per heavy atom. The summed E-state index contributed by atoms with van der Waals surface area (Å²) in [5.74, 6) is 0.108. The lowest BCUT2D eigenvalue weighted by atomic mass is 10.0. The molecule has 142 valence electrons. The third-order valence-electron chi connectivity index (χ3n) is 3.71. The predicted molar refractivity (Wildman–Crippen MR) is 98.4 cm³/mol. The zero-order chi connectivity index (χ0) is 19.5. The second-order valence-corrected chi connectivity index (χ2v) is 6.92. The van der Waals surface area contributed by atoms with Crippen LogP contribution in [0.4, 0.5) is 4.79 Å². The smallest absolute Gasteiger partial charge is 0.419 e. The van der Waals surface area contributed by atoms with Crippen LogP contribution in [0.5, 0.6) is 5.75 Å². The van der Waals surface area contributed by atoms with E-state index in [-0.39, 0.29) is 13.0 Å². The number of carbonyl (C=O) groups is 2. The van der Waals surface area contributed by atoms with Crippen molar-refractivity contribution in [3.8, 4) is 5.75 Å². The molecule has 0 fully saturated rings. The number of carbonyl (C=O) groups excluding carboxylic acids is 2. The minimum Gasteiger partial charge on any atom is -0.496 e. The molecule has 7 heteroatoms. The average Bonchev–Trinajstić information content (AvgIpc) is 2.92. The first-order chi connectivity index (χ1) is 12.2. The van der Waals surface area contributed by atoms with Crippen LogP contribution < -0.4 is 10.5 Å². The number of hydrogen-bond donors (Lipinski definition) is 1. The Bertz CT molecular complexity index is 804. The number of rotatable bonds is 5. The maximum absolute atomic E-state index is 12.6. The van der Waals surface area contributed by atoms with Crippen LogP contribution in [0.2, 0.25) is 0 Å².